The van der Waals surface area contributed by atoms with E-state index in [1.165, 1.54) is 6.42 Å². The first kappa shape index (κ1) is 11.1. The van der Waals surface area contributed by atoms with Crippen molar-refractivity contribution in [3.63, 3.8) is 0 Å². The van der Waals surface area contributed by atoms with Gasteiger partial charge in [-0.15, -0.1) is 0 Å². The Balaban J connectivity index is 2.11. The SMILES string of the molecule is Nc1nccc(NC2(CO)CCCCC2)n1. The highest BCUT2D eigenvalue weighted by Crippen LogP contribution is 2.30. The van der Waals surface area contributed by atoms with Gasteiger partial charge in [0.05, 0.1) is 12.1 Å². The number of nitrogens with two attached hydrogens (primary N) is 1. The van der Waals surface area contributed by atoms with E-state index in [4.69, 9.17) is 5.73 Å². The second kappa shape index (κ2) is 4.65. The Hall–Kier alpha value is -1.36. The van der Waals surface area contributed by atoms with Crippen LogP contribution in [0, 0.1) is 0 Å². The van der Waals surface area contributed by atoms with E-state index in [1.54, 1.807) is 12.3 Å². The zero-order valence-electron chi connectivity index (χ0n) is 9.32. The average Bonchev–Trinajstić information content (AvgIpc) is 2.30. The van der Waals surface area contributed by atoms with Crippen molar-refractivity contribution in [2.45, 2.75) is 37.6 Å². The largest absolute Gasteiger partial charge is 0.394 e. The second-order valence-corrected chi connectivity index (χ2v) is 4.42. The summed E-state index contributed by atoms with van der Waals surface area (Å²) in [5.41, 5.74) is 5.30. The topological polar surface area (TPSA) is 84.1 Å². The molecule has 1 aromatic heterocycles. The molecule has 0 spiro atoms. The number of aliphatic hydroxyl groups excluding tert-OH is 1. The Morgan fingerprint density at radius 3 is 2.75 bits per heavy atom. The Kier molecular flexibility index (Phi) is 3.24. The summed E-state index contributed by atoms with van der Waals surface area (Å²) in [4.78, 5) is 7.95. The number of anilines is 2. The number of rotatable bonds is 3. The highest BCUT2D eigenvalue weighted by atomic mass is 16.3. The minimum Gasteiger partial charge on any atom is -0.394 e. The monoisotopic (exact) mass is 222 g/mol. The van der Waals surface area contributed by atoms with E-state index in [9.17, 15) is 5.11 Å². The van der Waals surface area contributed by atoms with Gasteiger partial charge >= 0.3 is 0 Å². The van der Waals surface area contributed by atoms with Crippen LogP contribution in [-0.4, -0.2) is 27.2 Å². The Morgan fingerprint density at radius 2 is 2.12 bits per heavy atom. The van der Waals surface area contributed by atoms with Crippen LogP contribution < -0.4 is 11.1 Å². The van der Waals surface area contributed by atoms with Crippen LogP contribution in [0.25, 0.3) is 0 Å². The Bertz CT molecular complexity index is 350. The van der Waals surface area contributed by atoms with E-state index >= 15 is 0 Å². The molecule has 0 bridgehead atoms. The number of nitrogens with one attached hydrogen (secondary N) is 1. The molecule has 4 N–H and O–H groups in total. The van der Waals surface area contributed by atoms with E-state index in [-0.39, 0.29) is 18.1 Å². The summed E-state index contributed by atoms with van der Waals surface area (Å²) in [7, 11) is 0. The molecular formula is C11H18N4O. The van der Waals surface area contributed by atoms with Gasteiger partial charge in [-0.25, -0.2) is 4.98 Å². The number of aromatic nitrogens is 2. The van der Waals surface area contributed by atoms with Gasteiger partial charge in [0.1, 0.15) is 5.82 Å². The average molecular weight is 222 g/mol. The number of hydrogen-bond donors (Lipinski definition) is 3. The van der Waals surface area contributed by atoms with Gasteiger partial charge < -0.3 is 16.2 Å². The van der Waals surface area contributed by atoms with Gasteiger partial charge in [-0.05, 0) is 18.9 Å². The second-order valence-electron chi connectivity index (χ2n) is 4.42. The third kappa shape index (κ3) is 2.41. The lowest BCUT2D eigenvalue weighted by molar-refractivity contribution is 0.172. The first-order valence-electron chi connectivity index (χ1n) is 5.72. The van der Waals surface area contributed by atoms with Crippen LogP contribution in [0.15, 0.2) is 12.3 Å². The van der Waals surface area contributed by atoms with Crippen molar-refractivity contribution in [3.05, 3.63) is 12.3 Å². The molecule has 1 aliphatic carbocycles. The Morgan fingerprint density at radius 1 is 1.38 bits per heavy atom. The smallest absolute Gasteiger partial charge is 0.221 e. The molecule has 5 nitrogen and oxygen atoms in total. The number of aliphatic hydroxyl groups is 1. The number of nitrogens with zero attached hydrogens (tertiary/aromatic N) is 2. The van der Waals surface area contributed by atoms with Crippen molar-refractivity contribution in [1.29, 1.82) is 0 Å². The summed E-state index contributed by atoms with van der Waals surface area (Å²) in [5, 5.41) is 12.8. The molecule has 0 radical (unpaired) electrons. The highest BCUT2D eigenvalue weighted by molar-refractivity contribution is 5.40. The molecule has 1 saturated carbocycles. The molecule has 1 aliphatic rings. The third-order valence-corrected chi connectivity index (χ3v) is 3.18. The van der Waals surface area contributed by atoms with Crippen LogP contribution >= 0.6 is 0 Å². The molecule has 2 rings (SSSR count). The zero-order valence-corrected chi connectivity index (χ0v) is 9.32. The molecular weight excluding hydrogens is 204 g/mol. The first-order valence-corrected chi connectivity index (χ1v) is 5.72. The van der Waals surface area contributed by atoms with Crippen molar-refractivity contribution >= 4 is 11.8 Å². The van der Waals surface area contributed by atoms with Gasteiger partial charge in [-0.2, -0.15) is 4.98 Å². The highest BCUT2D eigenvalue weighted by Gasteiger charge is 2.31. The van der Waals surface area contributed by atoms with Crippen LogP contribution in [0.2, 0.25) is 0 Å². The van der Waals surface area contributed by atoms with Crippen LogP contribution in [0.1, 0.15) is 32.1 Å². The van der Waals surface area contributed by atoms with Crippen molar-refractivity contribution in [2.75, 3.05) is 17.7 Å². The van der Waals surface area contributed by atoms with E-state index < -0.39 is 0 Å². The van der Waals surface area contributed by atoms with Crippen molar-refractivity contribution in [2.24, 2.45) is 0 Å². The summed E-state index contributed by atoms with van der Waals surface area (Å²) in [6.07, 6.45) is 7.12. The molecule has 88 valence electrons. The zero-order chi connectivity index (χ0) is 11.4. The summed E-state index contributed by atoms with van der Waals surface area (Å²) >= 11 is 0. The van der Waals surface area contributed by atoms with Gasteiger partial charge in [0.25, 0.3) is 0 Å². The molecule has 1 heterocycles. The van der Waals surface area contributed by atoms with E-state index in [0.717, 1.165) is 25.7 Å². The number of hydrogen-bond acceptors (Lipinski definition) is 5. The van der Waals surface area contributed by atoms with Crippen molar-refractivity contribution in [1.82, 2.24) is 9.97 Å². The van der Waals surface area contributed by atoms with Crippen molar-refractivity contribution in [3.8, 4) is 0 Å². The molecule has 5 heteroatoms. The summed E-state index contributed by atoms with van der Waals surface area (Å²) in [6.45, 7) is 0.136. The van der Waals surface area contributed by atoms with E-state index in [1.807, 2.05) is 0 Å². The summed E-state index contributed by atoms with van der Waals surface area (Å²) < 4.78 is 0. The van der Waals surface area contributed by atoms with E-state index in [0.29, 0.717) is 5.82 Å². The fourth-order valence-electron chi connectivity index (χ4n) is 2.27. The summed E-state index contributed by atoms with van der Waals surface area (Å²) in [5.74, 6) is 0.956. The molecule has 1 fully saturated rings. The van der Waals surface area contributed by atoms with Crippen LogP contribution in [0.5, 0.6) is 0 Å². The van der Waals surface area contributed by atoms with E-state index in [2.05, 4.69) is 15.3 Å². The van der Waals surface area contributed by atoms with Gasteiger partial charge in [0, 0.05) is 6.20 Å². The number of nitrogen functional groups attached to an aromatic ring is 1. The normalized spacial score (nSPS) is 19.3. The maximum absolute atomic E-state index is 9.53. The molecule has 0 atom stereocenters. The molecule has 0 unspecified atom stereocenters. The van der Waals surface area contributed by atoms with Crippen LogP contribution in [0.4, 0.5) is 11.8 Å². The standard InChI is InChI=1S/C11H18N4O/c12-10-13-7-4-9(14-10)15-11(8-16)5-2-1-3-6-11/h4,7,16H,1-3,5-6,8H2,(H3,12,13,14,15). The lowest BCUT2D eigenvalue weighted by Gasteiger charge is -2.36. The first-order chi connectivity index (χ1) is 7.74. The lowest BCUT2D eigenvalue weighted by Crippen LogP contribution is -2.44. The quantitative estimate of drug-likeness (QED) is 0.715. The minimum absolute atomic E-state index is 0.136. The maximum atomic E-state index is 9.53. The van der Waals surface area contributed by atoms with Crippen LogP contribution in [0.3, 0.4) is 0 Å². The third-order valence-electron chi connectivity index (χ3n) is 3.18. The summed E-state index contributed by atoms with van der Waals surface area (Å²) in [6, 6.07) is 1.78. The van der Waals surface area contributed by atoms with Gasteiger partial charge in [0.15, 0.2) is 0 Å². The molecule has 1 aromatic rings. The molecule has 0 aliphatic heterocycles. The molecule has 0 saturated heterocycles. The fourth-order valence-corrected chi connectivity index (χ4v) is 2.27. The molecule has 0 aromatic carbocycles. The minimum atomic E-state index is -0.223. The van der Waals surface area contributed by atoms with Crippen LogP contribution in [-0.2, 0) is 0 Å². The molecule has 0 amide bonds. The predicted molar refractivity (Wildman–Crippen MR) is 63.0 cm³/mol. The lowest BCUT2D eigenvalue weighted by atomic mass is 9.82. The van der Waals surface area contributed by atoms with Gasteiger partial charge in [-0.3, -0.25) is 0 Å². The van der Waals surface area contributed by atoms with Crippen molar-refractivity contribution < 1.29 is 5.11 Å². The fraction of sp³-hybridized carbons (Fsp3) is 0.636. The Labute approximate surface area is 95.1 Å². The molecule has 16 heavy (non-hydrogen) atoms. The maximum Gasteiger partial charge on any atom is 0.221 e. The van der Waals surface area contributed by atoms with Gasteiger partial charge in [0.2, 0.25) is 5.95 Å². The predicted octanol–water partition coefficient (Wildman–Crippen LogP) is 1.17. The van der Waals surface area contributed by atoms with Gasteiger partial charge in [-0.1, -0.05) is 19.3 Å².